The summed E-state index contributed by atoms with van der Waals surface area (Å²) in [6.07, 6.45) is 2.29. The van der Waals surface area contributed by atoms with E-state index in [9.17, 15) is 42.7 Å². The monoisotopic (exact) mass is 560 g/mol. The predicted molar refractivity (Wildman–Crippen MR) is 125 cm³/mol. The van der Waals surface area contributed by atoms with Gasteiger partial charge in [-0.2, -0.15) is 0 Å². The van der Waals surface area contributed by atoms with Crippen molar-refractivity contribution in [3.63, 3.8) is 0 Å². The number of carboxylic acid groups (broad SMARTS) is 2. The van der Waals surface area contributed by atoms with Crippen molar-refractivity contribution in [3.05, 3.63) is 85.4 Å². The number of carbonyl (C=O) groups excluding carboxylic acids is 1. The fourth-order valence-electron chi connectivity index (χ4n) is 3.58. The molecule has 0 bridgehead atoms. The van der Waals surface area contributed by atoms with Crippen molar-refractivity contribution in [2.24, 2.45) is 0 Å². The van der Waals surface area contributed by atoms with Gasteiger partial charge in [-0.25, -0.2) is 18.0 Å². The number of ketones is 1. The van der Waals surface area contributed by atoms with Gasteiger partial charge in [-0.15, -0.1) is 0 Å². The zero-order valence-electron chi connectivity index (χ0n) is 18.9. The number of aliphatic carboxylic acids is 1. The summed E-state index contributed by atoms with van der Waals surface area (Å²) < 4.78 is 35.3. The molecule has 0 heterocycles. The van der Waals surface area contributed by atoms with Crippen LogP contribution < -0.4 is 29.6 Å². The number of benzene rings is 2. The van der Waals surface area contributed by atoms with Crippen LogP contribution in [0, 0.1) is 6.92 Å². The molecule has 9 nitrogen and oxygen atoms in total. The summed E-state index contributed by atoms with van der Waals surface area (Å²) >= 11 is 12.7. The van der Waals surface area contributed by atoms with E-state index in [1.165, 1.54) is 26.0 Å². The Kier molecular flexibility index (Phi) is 9.01. The number of aromatic carboxylic acids is 1. The van der Waals surface area contributed by atoms with Gasteiger partial charge in [0.05, 0.1) is 14.9 Å². The number of Topliss-reactive ketones (excluding diaryl/α,β-unsaturated/α-hetero) is 1. The van der Waals surface area contributed by atoms with Crippen molar-refractivity contribution in [2.45, 2.75) is 18.7 Å². The number of aromatic hydroxyl groups is 1. The Morgan fingerprint density at radius 1 is 1.00 bits per heavy atom. The van der Waals surface area contributed by atoms with Crippen LogP contribution in [0.25, 0.3) is 5.57 Å². The molecule has 0 saturated heterocycles. The summed E-state index contributed by atoms with van der Waals surface area (Å²) in [7, 11) is -5.08. The van der Waals surface area contributed by atoms with Gasteiger partial charge in [0.1, 0.15) is 27.0 Å². The molecule has 2 aromatic carbocycles. The van der Waals surface area contributed by atoms with Gasteiger partial charge in [0.25, 0.3) is 0 Å². The van der Waals surface area contributed by atoms with Crippen LogP contribution in [-0.2, 0) is 19.7 Å². The fraction of sp³-hybridized carbons (Fsp3) is 0.0870. The first-order chi connectivity index (χ1) is 16.1. The minimum absolute atomic E-state index is 0. The molecule has 0 fully saturated rings. The van der Waals surface area contributed by atoms with Crippen molar-refractivity contribution in [3.8, 4) is 5.75 Å². The van der Waals surface area contributed by atoms with E-state index in [1.54, 1.807) is 0 Å². The van der Waals surface area contributed by atoms with E-state index >= 15 is 0 Å². The first kappa shape index (κ1) is 29.8. The summed E-state index contributed by atoms with van der Waals surface area (Å²) in [6, 6.07) is 4.37. The quantitative estimate of drug-likeness (QED) is 0.273. The molecule has 36 heavy (non-hydrogen) atoms. The van der Waals surface area contributed by atoms with Crippen LogP contribution in [0.15, 0.2) is 58.0 Å². The van der Waals surface area contributed by atoms with Crippen molar-refractivity contribution in [1.82, 2.24) is 0 Å². The molecule has 0 amide bonds. The molecule has 182 valence electrons. The minimum atomic E-state index is -5.08. The molecule has 0 aliphatic heterocycles. The maximum Gasteiger partial charge on any atom is 1.00 e. The normalized spacial score (nSPS) is 15.0. The second kappa shape index (κ2) is 10.9. The molecule has 0 atom stereocenters. The molecule has 0 unspecified atom stereocenters. The van der Waals surface area contributed by atoms with E-state index in [2.05, 4.69) is 0 Å². The number of halogens is 2. The van der Waals surface area contributed by atoms with Crippen LogP contribution in [0.3, 0.4) is 0 Å². The molecular weight excluding hydrogens is 546 g/mol. The summed E-state index contributed by atoms with van der Waals surface area (Å²) in [5.41, 5.74) is -1.26. The third kappa shape index (κ3) is 5.60. The number of allylic oxidation sites excluding steroid dienone is 4. The Bertz CT molecular complexity index is 1540. The first-order valence-electron chi connectivity index (χ1n) is 9.59. The van der Waals surface area contributed by atoms with Crippen molar-refractivity contribution >= 4 is 56.6 Å². The number of rotatable bonds is 5. The Morgan fingerprint density at radius 2 is 1.61 bits per heavy atom. The van der Waals surface area contributed by atoms with Gasteiger partial charge in [-0.1, -0.05) is 23.2 Å². The summed E-state index contributed by atoms with van der Waals surface area (Å²) in [5.74, 6) is -4.34. The predicted octanol–water partition coefficient (Wildman–Crippen LogP) is 0.956. The zero-order chi connectivity index (χ0) is 26.4. The zero-order valence-corrected chi connectivity index (χ0v) is 23.2. The van der Waals surface area contributed by atoms with Crippen LogP contribution in [0.4, 0.5) is 0 Å². The van der Waals surface area contributed by atoms with E-state index < -0.39 is 54.6 Å². The molecule has 0 saturated carbocycles. The van der Waals surface area contributed by atoms with E-state index in [0.717, 1.165) is 24.3 Å². The largest absolute Gasteiger partial charge is 1.00 e. The van der Waals surface area contributed by atoms with Crippen LogP contribution in [-0.4, -0.2) is 46.0 Å². The van der Waals surface area contributed by atoms with Gasteiger partial charge < -0.3 is 19.9 Å². The van der Waals surface area contributed by atoms with Crippen LogP contribution in [0.2, 0.25) is 10.0 Å². The molecular formula is C23H15Cl2NaO9S. The third-order valence-electron chi connectivity index (χ3n) is 5.19. The van der Waals surface area contributed by atoms with Gasteiger partial charge in [0.2, 0.25) is 0 Å². The molecule has 3 rings (SSSR count). The Balaban J connectivity index is 0.00000456. The first-order valence-corrected chi connectivity index (χ1v) is 11.7. The maximum absolute atomic E-state index is 12.3. The van der Waals surface area contributed by atoms with Crippen LogP contribution in [0.1, 0.15) is 34.0 Å². The van der Waals surface area contributed by atoms with E-state index in [0.29, 0.717) is 0 Å². The van der Waals surface area contributed by atoms with Crippen molar-refractivity contribution in [2.75, 3.05) is 0 Å². The van der Waals surface area contributed by atoms with Crippen molar-refractivity contribution < 1.29 is 72.2 Å². The molecule has 3 N–H and O–H groups in total. The summed E-state index contributed by atoms with van der Waals surface area (Å²) in [4.78, 5) is 34.9. The Labute approximate surface area is 237 Å². The van der Waals surface area contributed by atoms with Gasteiger partial charge in [-0.05, 0) is 78.1 Å². The maximum atomic E-state index is 12.3. The van der Waals surface area contributed by atoms with Crippen molar-refractivity contribution in [1.29, 1.82) is 0 Å². The van der Waals surface area contributed by atoms with Gasteiger partial charge >= 0.3 is 41.5 Å². The number of hydrogen-bond acceptors (Lipinski definition) is 7. The summed E-state index contributed by atoms with van der Waals surface area (Å²) in [6.45, 7) is 2.75. The number of hydrogen-bond donors (Lipinski definition) is 3. The number of carboxylic acids is 2. The number of aryl methyl sites for hydroxylation is 1. The third-order valence-corrected chi connectivity index (χ3v) is 6.89. The second-order valence-corrected chi connectivity index (χ2v) is 9.67. The molecule has 1 aliphatic rings. The molecule has 13 heteroatoms. The molecule has 1 aliphatic carbocycles. The Hall–Kier alpha value is -2.44. The fourth-order valence-corrected chi connectivity index (χ4v) is 4.97. The van der Waals surface area contributed by atoms with E-state index in [1.807, 2.05) is 0 Å². The molecule has 0 aromatic heterocycles. The van der Waals surface area contributed by atoms with Gasteiger partial charge in [0.15, 0.2) is 5.78 Å². The second-order valence-electron chi connectivity index (χ2n) is 7.53. The molecule has 2 aromatic rings. The Morgan fingerprint density at radius 3 is 2.14 bits per heavy atom. The van der Waals surface area contributed by atoms with E-state index in [4.69, 9.17) is 23.2 Å². The minimum Gasteiger partial charge on any atom is -0.744 e. The SMILES string of the molecule is CC1=CC(=C(c2cc(C)c(O)c(C(=O)O)c2)c2c(Cl)ccc(S(=O)(=O)[O-])c2Cl)C=C(C(=O)O)C1=O.[Na+]. The standard InChI is InChI=1S/C23H16Cl2O9S.Na/c1-9-5-11(7-13(20(9)26)22(28)29)17(12-6-10(2)21(27)14(8-12)23(30)31)18-15(24)3-4-16(19(18)25)35(32,33)34;/h3-8,26H,1-2H3,(H,28,29)(H,30,31)(H,32,33,34);/q;+1/p-1. The van der Waals surface area contributed by atoms with Crippen LogP contribution >= 0.6 is 23.2 Å². The number of phenols is 1. The smallest absolute Gasteiger partial charge is 0.744 e. The molecule has 0 radical (unpaired) electrons. The molecule has 0 spiro atoms. The van der Waals surface area contributed by atoms with Crippen LogP contribution in [0.5, 0.6) is 5.75 Å². The average Bonchev–Trinajstić information content (AvgIpc) is 2.73. The van der Waals surface area contributed by atoms with Gasteiger partial charge in [0, 0.05) is 5.56 Å². The number of carbonyl (C=O) groups is 3. The van der Waals surface area contributed by atoms with Gasteiger partial charge in [-0.3, -0.25) is 4.79 Å². The van der Waals surface area contributed by atoms with E-state index in [-0.39, 0.29) is 68.0 Å². The topological polar surface area (TPSA) is 169 Å². The summed E-state index contributed by atoms with van der Waals surface area (Å²) in [5, 5.41) is 28.5. The average molecular weight is 561 g/mol.